The Kier molecular flexibility index (Phi) is 4.04. The van der Waals surface area contributed by atoms with Crippen molar-refractivity contribution in [3.63, 3.8) is 0 Å². The molecular weight excluding hydrogens is 309 g/mol. The monoisotopic (exact) mass is 327 g/mol. The third-order valence-electron chi connectivity index (χ3n) is 4.66. The number of hydroxylamine groups is 2. The summed E-state index contributed by atoms with van der Waals surface area (Å²) in [5.41, 5.74) is 1.95. The number of carbonyl (C=O) groups excluding carboxylic acids is 1. The van der Waals surface area contributed by atoms with Gasteiger partial charge in [0, 0.05) is 6.54 Å². The lowest BCUT2D eigenvalue weighted by molar-refractivity contribution is -0.195. The van der Waals surface area contributed by atoms with E-state index in [1.807, 2.05) is 60.7 Å². The average molecular weight is 327 g/mol. The molecule has 2 aliphatic heterocycles. The number of esters is 1. The maximum Gasteiger partial charge on any atom is 0.314 e. The van der Waals surface area contributed by atoms with Gasteiger partial charge in [-0.2, -0.15) is 5.06 Å². The van der Waals surface area contributed by atoms with E-state index >= 15 is 0 Å². The van der Waals surface area contributed by atoms with E-state index in [1.165, 1.54) is 0 Å². The molecule has 2 saturated heterocycles. The van der Waals surface area contributed by atoms with Crippen LogP contribution in [0.4, 0.5) is 4.39 Å². The number of ether oxygens (including phenoxy) is 1. The van der Waals surface area contributed by atoms with Gasteiger partial charge >= 0.3 is 5.97 Å². The van der Waals surface area contributed by atoms with Crippen molar-refractivity contribution in [1.29, 1.82) is 0 Å². The Morgan fingerprint density at radius 2 is 1.67 bits per heavy atom. The van der Waals surface area contributed by atoms with E-state index in [9.17, 15) is 9.18 Å². The lowest BCUT2D eigenvalue weighted by atomic mass is 9.90. The number of benzene rings is 2. The van der Waals surface area contributed by atoms with E-state index in [0.29, 0.717) is 6.54 Å². The summed E-state index contributed by atoms with van der Waals surface area (Å²) in [6.45, 7) is -0.221. The number of carbonyl (C=O) groups is 1. The SMILES string of the molecule is O=C1O[C@@H](CF)[C@H]2[C@@H]1[C@H](c1ccccc1)ON2Cc1ccccc1. The number of alkyl halides is 1. The van der Waals surface area contributed by atoms with Gasteiger partial charge in [-0.15, -0.1) is 0 Å². The van der Waals surface area contributed by atoms with Gasteiger partial charge in [0.05, 0.1) is 6.04 Å². The predicted molar refractivity (Wildman–Crippen MR) is 85.4 cm³/mol. The first kappa shape index (κ1) is 15.3. The smallest absolute Gasteiger partial charge is 0.314 e. The molecule has 0 N–H and O–H groups in total. The number of fused-ring (bicyclic) bond motifs is 1. The molecule has 24 heavy (non-hydrogen) atoms. The zero-order valence-corrected chi connectivity index (χ0v) is 13.0. The Morgan fingerprint density at radius 3 is 2.33 bits per heavy atom. The van der Waals surface area contributed by atoms with Crippen molar-refractivity contribution < 1.29 is 18.8 Å². The molecule has 0 unspecified atom stereocenters. The first-order valence-electron chi connectivity index (χ1n) is 8.06. The Balaban J connectivity index is 1.66. The maximum absolute atomic E-state index is 13.4. The highest BCUT2D eigenvalue weighted by Gasteiger charge is 2.58. The molecule has 0 bridgehead atoms. The summed E-state index contributed by atoms with van der Waals surface area (Å²) in [4.78, 5) is 18.4. The van der Waals surface area contributed by atoms with Gasteiger partial charge in [-0.25, -0.2) is 4.39 Å². The quantitative estimate of drug-likeness (QED) is 0.809. The van der Waals surface area contributed by atoms with Crippen LogP contribution >= 0.6 is 0 Å². The van der Waals surface area contributed by atoms with Gasteiger partial charge in [-0.3, -0.25) is 9.63 Å². The molecule has 2 aliphatic rings. The van der Waals surface area contributed by atoms with Gasteiger partial charge in [0.2, 0.25) is 0 Å². The van der Waals surface area contributed by atoms with Crippen molar-refractivity contribution in [2.75, 3.05) is 6.67 Å². The second-order valence-electron chi connectivity index (χ2n) is 6.14. The van der Waals surface area contributed by atoms with Crippen LogP contribution in [0.1, 0.15) is 17.2 Å². The molecule has 0 aliphatic carbocycles. The standard InChI is InChI=1S/C19H18FNO3/c20-11-15-17-16(19(22)23-15)18(14-9-5-2-6-10-14)24-21(17)12-13-7-3-1-4-8-13/h1-10,15-18H,11-12H2/t15-,16+,17-,18-/m0/s1. The molecule has 2 aromatic carbocycles. The molecule has 124 valence electrons. The van der Waals surface area contributed by atoms with E-state index in [4.69, 9.17) is 9.57 Å². The van der Waals surface area contributed by atoms with Crippen LogP contribution < -0.4 is 0 Å². The number of hydrogen-bond donors (Lipinski definition) is 0. The average Bonchev–Trinajstić information content (AvgIpc) is 3.16. The molecule has 2 aromatic rings. The molecule has 0 spiro atoms. The highest BCUT2D eigenvalue weighted by Crippen LogP contribution is 2.45. The molecule has 2 heterocycles. The van der Waals surface area contributed by atoms with Crippen molar-refractivity contribution in [1.82, 2.24) is 5.06 Å². The number of halogens is 1. The van der Waals surface area contributed by atoms with Crippen molar-refractivity contribution in [2.24, 2.45) is 5.92 Å². The minimum Gasteiger partial charge on any atom is -0.457 e. The van der Waals surface area contributed by atoms with Gasteiger partial charge < -0.3 is 4.74 Å². The summed E-state index contributed by atoms with van der Waals surface area (Å²) in [5, 5.41) is 1.72. The van der Waals surface area contributed by atoms with E-state index < -0.39 is 30.8 Å². The summed E-state index contributed by atoms with van der Waals surface area (Å²) in [6, 6.07) is 18.9. The molecule has 4 rings (SSSR count). The van der Waals surface area contributed by atoms with Crippen LogP contribution in [0.5, 0.6) is 0 Å². The van der Waals surface area contributed by atoms with Gasteiger partial charge in [0.25, 0.3) is 0 Å². The number of rotatable bonds is 4. The minimum absolute atomic E-state index is 0.382. The van der Waals surface area contributed by atoms with Crippen LogP contribution in [0.2, 0.25) is 0 Å². The molecule has 4 atom stereocenters. The molecule has 2 fully saturated rings. The molecule has 0 aromatic heterocycles. The molecule has 4 nitrogen and oxygen atoms in total. The fraction of sp³-hybridized carbons (Fsp3) is 0.316. The minimum atomic E-state index is -0.778. The molecule has 0 amide bonds. The summed E-state index contributed by atoms with van der Waals surface area (Å²) in [6.07, 6.45) is -1.22. The van der Waals surface area contributed by atoms with E-state index in [2.05, 4.69) is 0 Å². The summed E-state index contributed by atoms with van der Waals surface area (Å²) in [5.74, 6) is -0.885. The lowest BCUT2D eigenvalue weighted by Gasteiger charge is -2.24. The van der Waals surface area contributed by atoms with Crippen molar-refractivity contribution >= 4 is 5.97 Å². The summed E-state index contributed by atoms with van der Waals surface area (Å²) in [7, 11) is 0. The lowest BCUT2D eigenvalue weighted by Crippen LogP contribution is -2.38. The highest BCUT2D eigenvalue weighted by molar-refractivity contribution is 5.77. The first-order chi connectivity index (χ1) is 11.8. The predicted octanol–water partition coefficient (Wildman–Crippen LogP) is 3.05. The topological polar surface area (TPSA) is 38.8 Å². The number of cyclic esters (lactones) is 1. The van der Waals surface area contributed by atoms with Gasteiger partial charge in [0.1, 0.15) is 24.8 Å². The Hall–Kier alpha value is -2.24. The Labute approximate surface area is 139 Å². The Morgan fingerprint density at radius 1 is 1.00 bits per heavy atom. The zero-order chi connectivity index (χ0) is 16.5. The van der Waals surface area contributed by atoms with Gasteiger partial charge in [-0.1, -0.05) is 60.7 Å². The van der Waals surface area contributed by atoms with Crippen LogP contribution in [0.3, 0.4) is 0 Å². The number of hydrogen-bond acceptors (Lipinski definition) is 4. The molecule has 0 saturated carbocycles. The molecule has 5 heteroatoms. The van der Waals surface area contributed by atoms with Gasteiger partial charge in [-0.05, 0) is 11.1 Å². The van der Waals surface area contributed by atoms with Crippen LogP contribution in [0.25, 0.3) is 0 Å². The number of nitrogens with zero attached hydrogens (tertiary/aromatic N) is 1. The summed E-state index contributed by atoms with van der Waals surface area (Å²) >= 11 is 0. The first-order valence-corrected chi connectivity index (χ1v) is 8.06. The summed E-state index contributed by atoms with van der Waals surface area (Å²) < 4.78 is 18.7. The zero-order valence-electron chi connectivity index (χ0n) is 13.0. The van der Waals surface area contributed by atoms with E-state index in [1.54, 1.807) is 5.06 Å². The second-order valence-corrected chi connectivity index (χ2v) is 6.14. The van der Waals surface area contributed by atoms with Crippen LogP contribution in [-0.4, -0.2) is 29.9 Å². The van der Waals surface area contributed by atoms with E-state index in [-0.39, 0.29) is 5.97 Å². The van der Waals surface area contributed by atoms with Crippen LogP contribution in [0.15, 0.2) is 60.7 Å². The second kappa shape index (κ2) is 6.34. The third-order valence-corrected chi connectivity index (χ3v) is 4.66. The van der Waals surface area contributed by atoms with Gasteiger partial charge in [0.15, 0.2) is 0 Å². The maximum atomic E-state index is 13.4. The van der Waals surface area contributed by atoms with Crippen molar-refractivity contribution in [3.05, 3.63) is 71.8 Å². The van der Waals surface area contributed by atoms with Crippen LogP contribution in [0, 0.1) is 5.92 Å². The van der Waals surface area contributed by atoms with Crippen LogP contribution in [-0.2, 0) is 20.9 Å². The third kappa shape index (κ3) is 2.60. The molecular formula is C19H18FNO3. The van der Waals surface area contributed by atoms with Crippen molar-refractivity contribution in [2.45, 2.75) is 24.8 Å². The highest BCUT2D eigenvalue weighted by atomic mass is 19.1. The fourth-order valence-corrected chi connectivity index (χ4v) is 3.56. The fourth-order valence-electron chi connectivity index (χ4n) is 3.56. The largest absolute Gasteiger partial charge is 0.457 e. The van der Waals surface area contributed by atoms with Crippen molar-refractivity contribution in [3.8, 4) is 0 Å². The van der Waals surface area contributed by atoms with E-state index in [0.717, 1.165) is 11.1 Å². The normalized spacial score (nSPS) is 29.5. The Bertz CT molecular complexity index is 709. The molecule has 0 radical (unpaired) electrons.